The average Bonchev–Trinajstić information content (AvgIpc) is 2.93. The summed E-state index contributed by atoms with van der Waals surface area (Å²) in [5, 5.41) is 7.26. The van der Waals surface area contributed by atoms with Gasteiger partial charge in [0.2, 0.25) is 5.89 Å². The monoisotopic (exact) mass is 259 g/mol. The van der Waals surface area contributed by atoms with E-state index in [4.69, 9.17) is 4.52 Å². The summed E-state index contributed by atoms with van der Waals surface area (Å²) in [5.74, 6) is 1.72. The second-order valence-corrected chi connectivity index (χ2v) is 4.90. The Balaban J connectivity index is 1.94. The molecule has 102 valence electrons. The molecule has 2 aromatic rings. The molecule has 0 aliphatic carbocycles. The number of benzene rings is 1. The predicted molar refractivity (Wildman–Crippen MR) is 75.1 cm³/mol. The molecular weight excluding hydrogens is 238 g/mol. The first-order valence-electron chi connectivity index (χ1n) is 6.74. The molecule has 0 saturated heterocycles. The Hall–Kier alpha value is -1.68. The van der Waals surface area contributed by atoms with Gasteiger partial charge < -0.3 is 9.84 Å². The van der Waals surface area contributed by atoms with Gasteiger partial charge in [-0.1, -0.05) is 42.4 Å². The molecule has 0 bridgehead atoms. The zero-order chi connectivity index (χ0) is 13.7. The Morgan fingerprint density at radius 1 is 1.16 bits per heavy atom. The van der Waals surface area contributed by atoms with Crippen molar-refractivity contribution in [2.75, 3.05) is 7.05 Å². The Morgan fingerprint density at radius 2 is 1.89 bits per heavy atom. The Bertz CT molecular complexity index is 495. The van der Waals surface area contributed by atoms with E-state index in [1.165, 1.54) is 5.56 Å². The molecule has 2 unspecified atom stereocenters. The van der Waals surface area contributed by atoms with Gasteiger partial charge in [0.15, 0.2) is 5.82 Å². The lowest BCUT2D eigenvalue weighted by atomic mass is 10.0. The number of likely N-dealkylation sites (N-methyl/N-ethyl adjacent to an activating group) is 1. The molecule has 4 nitrogen and oxygen atoms in total. The van der Waals surface area contributed by atoms with Crippen molar-refractivity contribution in [3.63, 3.8) is 0 Å². The minimum Gasteiger partial charge on any atom is -0.339 e. The highest BCUT2D eigenvalue weighted by Crippen LogP contribution is 2.17. The summed E-state index contributed by atoms with van der Waals surface area (Å²) < 4.78 is 5.34. The van der Waals surface area contributed by atoms with E-state index in [1.807, 2.05) is 25.2 Å². The van der Waals surface area contributed by atoms with E-state index in [0.717, 1.165) is 18.7 Å². The molecule has 0 amide bonds. The maximum absolute atomic E-state index is 5.34. The van der Waals surface area contributed by atoms with E-state index in [0.29, 0.717) is 11.9 Å². The molecule has 0 fully saturated rings. The third kappa shape index (κ3) is 3.64. The first kappa shape index (κ1) is 13.7. The molecule has 2 rings (SSSR count). The van der Waals surface area contributed by atoms with Crippen LogP contribution in [0.5, 0.6) is 0 Å². The van der Waals surface area contributed by atoms with Gasteiger partial charge in [0.25, 0.3) is 0 Å². The summed E-state index contributed by atoms with van der Waals surface area (Å²) in [6, 6.07) is 10.7. The van der Waals surface area contributed by atoms with E-state index >= 15 is 0 Å². The highest BCUT2D eigenvalue weighted by atomic mass is 16.5. The highest BCUT2D eigenvalue weighted by Gasteiger charge is 2.19. The van der Waals surface area contributed by atoms with Gasteiger partial charge in [-0.15, -0.1) is 0 Å². The summed E-state index contributed by atoms with van der Waals surface area (Å²) in [4.78, 5) is 4.48. The fourth-order valence-corrected chi connectivity index (χ4v) is 1.92. The highest BCUT2D eigenvalue weighted by molar-refractivity contribution is 5.15. The third-order valence-electron chi connectivity index (χ3n) is 3.56. The van der Waals surface area contributed by atoms with Gasteiger partial charge in [0.05, 0.1) is 5.92 Å². The van der Waals surface area contributed by atoms with Gasteiger partial charge in [-0.25, -0.2) is 0 Å². The van der Waals surface area contributed by atoms with Gasteiger partial charge in [-0.3, -0.25) is 0 Å². The Morgan fingerprint density at radius 3 is 2.58 bits per heavy atom. The van der Waals surface area contributed by atoms with Crippen LogP contribution in [0.1, 0.15) is 37.0 Å². The first-order chi connectivity index (χ1) is 9.20. The zero-order valence-electron chi connectivity index (χ0n) is 11.8. The first-order valence-corrected chi connectivity index (χ1v) is 6.74. The molecule has 0 aliphatic rings. The second kappa shape index (κ2) is 6.48. The van der Waals surface area contributed by atoms with E-state index in [1.54, 1.807) is 0 Å². The van der Waals surface area contributed by atoms with Crippen molar-refractivity contribution in [3.8, 4) is 0 Å². The molecule has 19 heavy (non-hydrogen) atoms. The van der Waals surface area contributed by atoms with E-state index in [2.05, 4.69) is 41.4 Å². The molecule has 0 radical (unpaired) electrons. The van der Waals surface area contributed by atoms with Crippen LogP contribution >= 0.6 is 0 Å². The average molecular weight is 259 g/mol. The number of nitrogens with one attached hydrogen (secondary N) is 1. The second-order valence-electron chi connectivity index (χ2n) is 4.90. The SMILES string of the molecule is CNC(C)C(C)c1nc(CCc2ccccc2)no1. The van der Waals surface area contributed by atoms with Crippen LogP contribution < -0.4 is 5.32 Å². The topological polar surface area (TPSA) is 51.0 Å². The molecule has 4 heteroatoms. The number of nitrogens with zero attached hydrogens (tertiary/aromatic N) is 2. The largest absolute Gasteiger partial charge is 0.339 e. The number of hydrogen-bond donors (Lipinski definition) is 1. The lowest BCUT2D eigenvalue weighted by Gasteiger charge is -2.14. The number of aryl methyl sites for hydroxylation is 2. The quantitative estimate of drug-likeness (QED) is 0.866. The van der Waals surface area contributed by atoms with Crippen LogP contribution in [-0.4, -0.2) is 23.2 Å². The lowest BCUT2D eigenvalue weighted by Crippen LogP contribution is -2.27. The van der Waals surface area contributed by atoms with Crippen molar-refractivity contribution in [1.29, 1.82) is 0 Å². The van der Waals surface area contributed by atoms with Crippen molar-refractivity contribution in [2.45, 2.75) is 38.6 Å². The van der Waals surface area contributed by atoms with Crippen LogP contribution in [0.4, 0.5) is 0 Å². The van der Waals surface area contributed by atoms with E-state index < -0.39 is 0 Å². The van der Waals surface area contributed by atoms with Gasteiger partial charge in [-0.2, -0.15) is 4.98 Å². The van der Waals surface area contributed by atoms with Crippen LogP contribution in [0.15, 0.2) is 34.9 Å². The Labute approximate surface area is 114 Å². The Kier molecular flexibility index (Phi) is 4.68. The minimum atomic E-state index is 0.225. The molecule has 0 aliphatic heterocycles. The smallest absolute Gasteiger partial charge is 0.231 e. The van der Waals surface area contributed by atoms with Gasteiger partial charge in [0.1, 0.15) is 0 Å². The van der Waals surface area contributed by atoms with Crippen molar-refractivity contribution in [1.82, 2.24) is 15.5 Å². The lowest BCUT2D eigenvalue weighted by molar-refractivity contribution is 0.333. The van der Waals surface area contributed by atoms with Crippen molar-refractivity contribution in [3.05, 3.63) is 47.6 Å². The summed E-state index contributed by atoms with van der Waals surface area (Å²) >= 11 is 0. The molecule has 0 spiro atoms. The molecule has 1 heterocycles. The van der Waals surface area contributed by atoms with Crippen LogP contribution in [0.25, 0.3) is 0 Å². The molecule has 1 N–H and O–H groups in total. The van der Waals surface area contributed by atoms with Crippen LogP contribution in [0.3, 0.4) is 0 Å². The van der Waals surface area contributed by atoms with Crippen molar-refractivity contribution >= 4 is 0 Å². The standard InChI is InChI=1S/C15H21N3O/c1-11(12(2)16-3)15-17-14(18-19-15)10-9-13-7-5-4-6-8-13/h4-8,11-12,16H,9-10H2,1-3H3. The number of hydrogen-bond acceptors (Lipinski definition) is 4. The zero-order valence-corrected chi connectivity index (χ0v) is 11.8. The minimum absolute atomic E-state index is 0.225. The fraction of sp³-hybridized carbons (Fsp3) is 0.467. The normalized spacial score (nSPS) is 14.3. The number of rotatable bonds is 6. The summed E-state index contributed by atoms with van der Waals surface area (Å²) in [6.07, 6.45) is 1.75. The molecule has 0 saturated carbocycles. The summed E-state index contributed by atoms with van der Waals surface area (Å²) in [7, 11) is 1.94. The van der Waals surface area contributed by atoms with Gasteiger partial charge in [0, 0.05) is 12.5 Å². The summed E-state index contributed by atoms with van der Waals surface area (Å²) in [5.41, 5.74) is 1.30. The van der Waals surface area contributed by atoms with Crippen LogP contribution in [-0.2, 0) is 12.8 Å². The number of aromatic nitrogens is 2. The van der Waals surface area contributed by atoms with Crippen molar-refractivity contribution < 1.29 is 4.52 Å². The molecule has 2 atom stereocenters. The van der Waals surface area contributed by atoms with Gasteiger partial charge >= 0.3 is 0 Å². The predicted octanol–water partition coefficient (Wildman–Crippen LogP) is 2.57. The molecular formula is C15H21N3O. The van der Waals surface area contributed by atoms with Crippen LogP contribution in [0, 0.1) is 0 Å². The van der Waals surface area contributed by atoms with Gasteiger partial charge in [-0.05, 0) is 26.0 Å². The maximum Gasteiger partial charge on any atom is 0.231 e. The molecule has 1 aromatic carbocycles. The third-order valence-corrected chi connectivity index (χ3v) is 3.56. The van der Waals surface area contributed by atoms with E-state index in [-0.39, 0.29) is 5.92 Å². The van der Waals surface area contributed by atoms with Crippen molar-refractivity contribution in [2.24, 2.45) is 0 Å². The van der Waals surface area contributed by atoms with E-state index in [9.17, 15) is 0 Å². The maximum atomic E-state index is 5.34. The molecule has 1 aromatic heterocycles. The van der Waals surface area contributed by atoms with Crippen LogP contribution in [0.2, 0.25) is 0 Å². The summed E-state index contributed by atoms with van der Waals surface area (Å²) in [6.45, 7) is 4.20. The fourth-order valence-electron chi connectivity index (χ4n) is 1.92.